The molecular weight excluding hydrogens is 490 g/mol. The van der Waals surface area contributed by atoms with Crippen LogP contribution < -0.4 is 21.3 Å². The molecule has 12 heteroatoms. The van der Waals surface area contributed by atoms with E-state index in [-0.39, 0.29) is 21.7 Å². The fourth-order valence-electron chi connectivity index (χ4n) is 3.31. The SMILES string of the molecule is Cc1ccc(NC(=O)COc2c(Cl)cc(C=Nn3c(=O)[nH]c4ccccc4c3=O)cc2[N+](=O)[O-])cc1. The van der Waals surface area contributed by atoms with Crippen LogP contribution in [0.1, 0.15) is 11.1 Å². The van der Waals surface area contributed by atoms with Gasteiger partial charge in [0.25, 0.3) is 11.5 Å². The van der Waals surface area contributed by atoms with E-state index in [0.717, 1.165) is 17.8 Å². The van der Waals surface area contributed by atoms with Crippen LogP contribution in [0.15, 0.2) is 75.4 Å². The maximum Gasteiger partial charge on any atom is 0.349 e. The molecule has 0 aliphatic rings. The van der Waals surface area contributed by atoms with E-state index in [1.165, 1.54) is 12.1 Å². The van der Waals surface area contributed by atoms with Crippen LogP contribution in [0.4, 0.5) is 11.4 Å². The normalized spacial score (nSPS) is 11.1. The first-order valence-electron chi connectivity index (χ1n) is 10.5. The lowest BCUT2D eigenvalue weighted by atomic mass is 10.2. The average Bonchev–Trinajstić information content (AvgIpc) is 2.84. The first kappa shape index (κ1) is 24.4. The molecule has 36 heavy (non-hydrogen) atoms. The summed E-state index contributed by atoms with van der Waals surface area (Å²) in [5.74, 6) is -0.844. The number of aromatic nitrogens is 2. The monoisotopic (exact) mass is 507 g/mol. The van der Waals surface area contributed by atoms with Crippen LogP contribution in [0, 0.1) is 17.0 Å². The Kier molecular flexibility index (Phi) is 6.93. The van der Waals surface area contributed by atoms with Gasteiger partial charge in [-0.1, -0.05) is 41.4 Å². The molecule has 0 fully saturated rings. The van der Waals surface area contributed by atoms with E-state index in [9.17, 15) is 24.5 Å². The van der Waals surface area contributed by atoms with Crippen LogP contribution in [0.5, 0.6) is 5.75 Å². The van der Waals surface area contributed by atoms with Gasteiger partial charge in [-0.15, -0.1) is 4.68 Å². The van der Waals surface area contributed by atoms with Crippen LogP contribution >= 0.6 is 11.6 Å². The number of H-pyrrole nitrogens is 1. The van der Waals surface area contributed by atoms with Gasteiger partial charge in [-0.2, -0.15) is 5.10 Å². The van der Waals surface area contributed by atoms with Crippen molar-refractivity contribution in [2.45, 2.75) is 6.92 Å². The number of halogens is 1. The van der Waals surface area contributed by atoms with E-state index >= 15 is 0 Å². The number of nitrogens with one attached hydrogen (secondary N) is 2. The lowest BCUT2D eigenvalue weighted by Gasteiger charge is -2.10. The van der Waals surface area contributed by atoms with E-state index in [2.05, 4.69) is 15.4 Å². The Labute approximate surface area is 207 Å². The van der Waals surface area contributed by atoms with Gasteiger partial charge in [0.05, 0.1) is 27.1 Å². The lowest BCUT2D eigenvalue weighted by molar-refractivity contribution is -0.385. The highest BCUT2D eigenvalue weighted by Crippen LogP contribution is 2.35. The third-order valence-corrected chi connectivity index (χ3v) is 5.31. The number of hydrogen-bond donors (Lipinski definition) is 2. The summed E-state index contributed by atoms with van der Waals surface area (Å²) in [6.45, 7) is 1.38. The molecule has 1 aromatic heterocycles. The highest BCUT2D eigenvalue weighted by molar-refractivity contribution is 6.32. The largest absolute Gasteiger partial charge is 0.476 e. The van der Waals surface area contributed by atoms with Gasteiger partial charge in [0, 0.05) is 17.3 Å². The second-order valence-corrected chi connectivity index (χ2v) is 8.06. The predicted molar refractivity (Wildman–Crippen MR) is 135 cm³/mol. The van der Waals surface area contributed by atoms with Gasteiger partial charge in [0.1, 0.15) is 0 Å². The van der Waals surface area contributed by atoms with Crippen molar-refractivity contribution in [3.8, 4) is 5.75 Å². The molecule has 4 aromatic rings. The molecule has 0 aliphatic heterocycles. The molecule has 4 rings (SSSR count). The summed E-state index contributed by atoms with van der Waals surface area (Å²) in [6.07, 6.45) is 1.08. The number of hydrogen-bond acceptors (Lipinski definition) is 7. The van der Waals surface area contributed by atoms with Gasteiger partial charge in [0.2, 0.25) is 5.75 Å². The molecule has 0 aliphatic carbocycles. The summed E-state index contributed by atoms with van der Waals surface area (Å²) < 4.78 is 5.95. The summed E-state index contributed by atoms with van der Waals surface area (Å²) in [7, 11) is 0. The molecule has 0 unspecified atom stereocenters. The standard InChI is InChI=1S/C24H18ClN5O6/c1-14-6-8-16(9-7-14)27-21(31)13-36-22-18(25)10-15(11-20(22)30(34)35)12-26-29-23(32)17-4-2-3-5-19(17)28-24(29)33/h2-12H,13H2,1H3,(H,27,31)(H,28,33). The zero-order valence-electron chi connectivity index (χ0n) is 18.7. The third kappa shape index (κ3) is 5.31. The Balaban J connectivity index is 1.57. The number of nitro groups is 1. The summed E-state index contributed by atoms with van der Waals surface area (Å²) in [4.78, 5) is 50.5. The lowest BCUT2D eigenvalue weighted by Crippen LogP contribution is -2.32. The molecule has 1 heterocycles. The predicted octanol–water partition coefficient (Wildman–Crippen LogP) is 3.46. The minimum absolute atomic E-state index is 0.127. The van der Waals surface area contributed by atoms with Crippen molar-refractivity contribution in [2.75, 3.05) is 11.9 Å². The number of benzene rings is 3. The van der Waals surface area contributed by atoms with Crippen LogP contribution in [-0.4, -0.2) is 33.3 Å². The zero-order valence-corrected chi connectivity index (χ0v) is 19.5. The quantitative estimate of drug-likeness (QED) is 0.222. The smallest absolute Gasteiger partial charge is 0.349 e. The van der Waals surface area contributed by atoms with Crippen molar-refractivity contribution in [3.05, 3.63) is 108 Å². The van der Waals surface area contributed by atoms with Gasteiger partial charge in [-0.3, -0.25) is 19.7 Å². The van der Waals surface area contributed by atoms with Crippen molar-refractivity contribution in [3.63, 3.8) is 0 Å². The average molecular weight is 508 g/mol. The van der Waals surface area contributed by atoms with Gasteiger partial charge < -0.3 is 15.0 Å². The van der Waals surface area contributed by atoms with E-state index in [0.29, 0.717) is 15.9 Å². The summed E-state index contributed by atoms with van der Waals surface area (Å²) in [5.41, 5.74) is 0.0755. The number of amides is 1. The maximum atomic E-state index is 12.6. The van der Waals surface area contributed by atoms with Crippen LogP contribution in [-0.2, 0) is 4.79 Å². The fourth-order valence-corrected chi connectivity index (χ4v) is 3.58. The number of aryl methyl sites for hydroxylation is 1. The number of rotatable bonds is 7. The number of aromatic amines is 1. The molecule has 0 saturated carbocycles. The molecule has 0 bridgehead atoms. The van der Waals surface area contributed by atoms with Crippen molar-refractivity contribution in [1.29, 1.82) is 0 Å². The number of carbonyl (C=O) groups excluding carboxylic acids is 1. The highest BCUT2D eigenvalue weighted by atomic mass is 35.5. The van der Waals surface area contributed by atoms with Crippen molar-refractivity contribution in [1.82, 2.24) is 9.66 Å². The first-order chi connectivity index (χ1) is 17.2. The van der Waals surface area contributed by atoms with E-state index < -0.39 is 34.4 Å². The van der Waals surface area contributed by atoms with Gasteiger partial charge in [0.15, 0.2) is 6.61 Å². The minimum atomic E-state index is -0.782. The van der Waals surface area contributed by atoms with E-state index in [4.69, 9.17) is 16.3 Å². The summed E-state index contributed by atoms with van der Waals surface area (Å²) in [5, 5.41) is 18.2. The number of ether oxygens (including phenoxy) is 1. The molecule has 0 spiro atoms. The van der Waals surface area contributed by atoms with Crippen LogP contribution in [0.2, 0.25) is 5.02 Å². The van der Waals surface area contributed by atoms with Gasteiger partial charge in [-0.05, 0) is 37.3 Å². The second-order valence-electron chi connectivity index (χ2n) is 7.65. The third-order valence-electron chi connectivity index (χ3n) is 5.03. The highest BCUT2D eigenvalue weighted by Gasteiger charge is 2.21. The van der Waals surface area contributed by atoms with Gasteiger partial charge >= 0.3 is 11.4 Å². The molecule has 0 saturated heterocycles. The molecule has 0 atom stereocenters. The van der Waals surface area contributed by atoms with Crippen molar-refractivity contribution < 1.29 is 14.5 Å². The van der Waals surface area contributed by atoms with E-state index in [1.54, 1.807) is 30.3 Å². The number of carbonyl (C=O) groups is 1. The Morgan fingerprint density at radius 2 is 1.92 bits per heavy atom. The van der Waals surface area contributed by atoms with E-state index in [1.807, 2.05) is 19.1 Å². The Morgan fingerprint density at radius 3 is 2.64 bits per heavy atom. The number of para-hydroxylation sites is 1. The number of fused-ring (bicyclic) bond motifs is 1. The molecule has 1 amide bonds. The molecule has 11 nitrogen and oxygen atoms in total. The maximum absolute atomic E-state index is 12.6. The van der Waals surface area contributed by atoms with Crippen molar-refractivity contribution in [2.24, 2.45) is 5.10 Å². The molecule has 2 N–H and O–H groups in total. The Bertz CT molecular complexity index is 1630. The summed E-state index contributed by atoms with van der Waals surface area (Å²) >= 11 is 6.20. The fraction of sp³-hybridized carbons (Fsp3) is 0.0833. The number of nitrogens with zero attached hydrogens (tertiary/aromatic N) is 3. The topological polar surface area (TPSA) is 149 Å². The number of anilines is 1. The summed E-state index contributed by atoms with van der Waals surface area (Å²) in [6, 6.07) is 15.9. The second kappa shape index (κ2) is 10.2. The Hall–Kier alpha value is -4.77. The molecule has 3 aromatic carbocycles. The van der Waals surface area contributed by atoms with Crippen molar-refractivity contribution >= 4 is 46.0 Å². The number of nitro benzene ring substituents is 1. The van der Waals surface area contributed by atoms with Crippen LogP contribution in [0.3, 0.4) is 0 Å². The minimum Gasteiger partial charge on any atom is -0.476 e. The zero-order chi connectivity index (χ0) is 25.8. The first-order valence-corrected chi connectivity index (χ1v) is 10.9. The molecular formula is C24H18ClN5O6. The van der Waals surface area contributed by atoms with Gasteiger partial charge in [-0.25, -0.2) is 4.79 Å². The van der Waals surface area contributed by atoms with Crippen LogP contribution in [0.25, 0.3) is 10.9 Å². The molecule has 182 valence electrons. The molecule has 0 radical (unpaired) electrons. The Morgan fingerprint density at radius 1 is 1.19 bits per heavy atom.